The number of nitrogens with one attached hydrogen (secondary N) is 2. The highest BCUT2D eigenvalue weighted by atomic mass is 16.2. The second-order valence-corrected chi connectivity index (χ2v) is 5.62. The van der Waals surface area contributed by atoms with Crippen molar-refractivity contribution in [1.82, 2.24) is 10.3 Å². The minimum absolute atomic E-state index is 0.0872. The van der Waals surface area contributed by atoms with Gasteiger partial charge < -0.3 is 10.6 Å². The monoisotopic (exact) mass is 281 g/mol. The minimum Gasteiger partial charge on any atom is -0.354 e. The number of amides is 1. The number of anilines is 2. The van der Waals surface area contributed by atoms with Gasteiger partial charge in [-0.05, 0) is 56.0 Å². The molecular formula is C17H19N3O. The van der Waals surface area contributed by atoms with Crippen LogP contribution in [0.1, 0.15) is 34.5 Å². The Morgan fingerprint density at radius 3 is 2.67 bits per heavy atom. The predicted octanol–water partition coefficient (Wildman–Crippen LogP) is 3.33. The van der Waals surface area contributed by atoms with Crippen LogP contribution in [0.5, 0.6) is 0 Å². The van der Waals surface area contributed by atoms with E-state index < -0.39 is 0 Å². The van der Waals surface area contributed by atoms with E-state index in [-0.39, 0.29) is 5.91 Å². The summed E-state index contributed by atoms with van der Waals surface area (Å²) in [7, 11) is 0. The molecule has 0 unspecified atom stereocenters. The van der Waals surface area contributed by atoms with Crippen LogP contribution in [0.2, 0.25) is 0 Å². The van der Waals surface area contributed by atoms with E-state index in [4.69, 9.17) is 0 Å². The van der Waals surface area contributed by atoms with Crippen molar-refractivity contribution in [2.75, 3.05) is 5.32 Å². The fourth-order valence-corrected chi connectivity index (χ4v) is 2.12. The first kappa shape index (κ1) is 13.6. The van der Waals surface area contributed by atoms with Crippen molar-refractivity contribution >= 4 is 17.3 Å². The van der Waals surface area contributed by atoms with Crippen LogP contribution in [-0.4, -0.2) is 16.9 Å². The van der Waals surface area contributed by atoms with Crippen LogP contribution in [0.4, 0.5) is 11.4 Å². The third kappa shape index (κ3) is 3.40. The Morgan fingerprint density at radius 2 is 2.00 bits per heavy atom. The predicted molar refractivity (Wildman–Crippen MR) is 83.9 cm³/mol. The number of pyridine rings is 1. The van der Waals surface area contributed by atoms with E-state index in [0.29, 0.717) is 11.7 Å². The van der Waals surface area contributed by atoms with E-state index in [2.05, 4.69) is 47.7 Å². The summed E-state index contributed by atoms with van der Waals surface area (Å²) >= 11 is 0. The molecule has 1 amide bonds. The molecule has 1 aliphatic carbocycles. The summed E-state index contributed by atoms with van der Waals surface area (Å²) in [6.07, 6.45) is 3.86. The molecule has 0 spiro atoms. The van der Waals surface area contributed by atoms with Crippen LogP contribution in [0.25, 0.3) is 0 Å². The molecule has 2 aromatic rings. The molecule has 4 heteroatoms. The van der Waals surface area contributed by atoms with Gasteiger partial charge in [-0.15, -0.1) is 0 Å². The first-order valence-corrected chi connectivity index (χ1v) is 7.23. The van der Waals surface area contributed by atoms with Gasteiger partial charge in [0.2, 0.25) is 0 Å². The van der Waals surface area contributed by atoms with E-state index in [1.807, 2.05) is 6.07 Å². The summed E-state index contributed by atoms with van der Waals surface area (Å²) in [5.74, 6) is -0.0872. The van der Waals surface area contributed by atoms with Crippen LogP contribution in [0.15, 0.2) is 36.5 Å². The number of hydrogen-bond donors (Lipinski definition) is 2. The quantitative estimate of drug-likeness (QED) is 0.903. The van der Waals surface area contributed by atoms with Crippen LogP contribution in [0, 0.1) is 13.8 Å². The maximum atomic E-state index is 11.9. The summed E-state index contributed by atoms with van der Waals surface area (Å²) in [4.78, 5) is 16.1. The second-order valence-electron chi connectivity index (χ2n) is 5.62. The van der Waals surface area contributed by atoms with Gasteiger partial charge in [-0.25, -0.2) is 4.98 Å². The number of hydrogen-bond acceptors (Lipinski definition) is 3. The van der Waals surface area contributed by atoms with Crippen LogP contribution >= 0.6 is 0 Å². The van der Waals surface area contributed by atoms with Gasteiger partial charge in [-0.1, -0.05) is 12.1 Å². The third-order valence-corrected chi connectivity index (χ3v) is 3.58. The molecule has 0 aliphatic heterocycles. The number of nitrogens with zero attached hydrogens (tertiary/aromatic N) is 1. The summed E-state index contributed by atoms with van der Waals surface area (Å²) in [5.41, 5.74) is 4.79. The molecule has 0 saturated heterocycles. The lowest BCUT2D eigenvalue weighted by atomic mass is 10.1. The smallest absolute Gasteiger partial charge is 0.270 e. The standard InChI is InChI=1S/C17H19N3O/c1-11-3-4-12(2)16(9-11)19-14-7-8-15(18-10-14)17(21)20-13-5-6-13/h3-4,7-10,13,19H,5-6H2,1-2H3,(H,20,21). The number of rotatable bonds is 4. The maximum Gasteiger partial charge on any atom is 0.270 e. The highest BCUT2D eigenvalue weighted by Gasteiger charge is 2.24. The normalized spacial score (nSPS) is 13.8. The Labute approximate surface area is 124 Å². The van der Waals surface area contributed by atoms with E-state index >= 15 is 0 Å². The van der Waals surface area contributed by atoms with Gasteiger partial charge in [-0.3, -0.25) is 4.79 Å². The maximum absolute atomic E-state index is 11.9. The number of carbonyl (C=O) groups is 1. The molecule has 0 bridgehead atoms. The Balaban J connectivity index is 1.71. The minimum atomic E-state index is -0.0872. The fourth-order valence-electron chi connectivity index (χ4n) is 2.12. The summed E-state index contributed by atoms with van der Waals surface area (Å²) < 4.78 is 0. The van der Waals surface area contributed by atoms with Crippen molar-refractivity contribution in [1.29, 1.82) is 0 Å². The second kappa shape index (κ2) is 5.56. The lowest BCUT2D eigenvalue weighted by Crippen LogP contribution is -2.26. The fraction of sp³-hybridized carbons (Fsp3) is 0.294. The van der Waals surface area contributed by atoms with Crippen molar-refractivity contribution < 1.29 is 4.79 Å². The van der Waals surface area contributed by atoms with Crippen LogP contribution < -0.4 is 10.6 Å². The number of carbonyl (C=O) groups excluding carboxylic acids is 1. The summed E-state index contributed by atoms with van der Waals surface area (Å²) in [6.45, 7) is 4.13. The summed E-state index contributed by atoms with van der Waals surface area (Å²) in [6, 6.07) is 10.3. The summed E-state index contributed by atoms with van der Waals surface area (Å²) in [5, 5.41) is 6.27. The first-order valence-electron chi connectivity index (χ1n) is 7.23. The van der Waals surface area contributed by atoms with Crippen molar-refractivity contribution in [3.63, 3.8) is 0 Å². The lowest BCUT2D eigenvalue weighted by Gasteiger charge is -2.10. The van der Waals surface area contributed by atoms with Crippen LogP contribution in [0.3, 0.4) is 0 Å². The van der Waals surface area contributed by atoms with E-state index in [0.717, 1.165) is 24.2 Å². The zero-order valence-corrected chi connectivity index (χ0v) is 12.3. The number of aromatic nitrogens is 1. The molecule has 1 heterocycles. The van der Waals surface area contributed by atoms with Gasteiger partial charge in [0.1, 0.15) is 5.69 Å². The van der Waals surface area contributed by atoms with E-state index in [9.17, 15) is 4.79 Å². The zero-order valence-electron chi connectivity index (χ0n) is 12.3. The van der Waals surface area contributed by atoms with Crippen molar-refractivity contribution in [2.24, 2.45) is 0 Å². The topological polar surface area (TPSA) is 54.0 Å². The van der Waals surface area contributed by atoms with Crippen molar-refractivity contribution in [3.8, 4) is 0 Å². The Bertz CT molecular complexity index is 660. The Morgan fingerprint density at radius 1 is 1.19 bits per heavy atom. The molecule has 0 atom stereocenters. The average Bonchev–Trinajstić information content (AvgIpc) is 3.27. The number of benzene rings is 1. The Hall–Kier alpha value is -2.36. The zero-order chi connectivity index (χ0) is 14.8. The van der Waals surface area contributed by atoms with Crippen molar-refractivity contribution in [3.05, 3.63) is 53.3 Å². The molecule has 1 aromatic heterocycles. The molecule has 2 N–H and O–H groups in total. The highest BCUT2D eigenvalue weighted by Crippen LogP contribution is 2.22. The molecule has 108 valence electrons. The van der Waals surface area contributed by atoms with Crippen molar-refractivity contribution in [2.45, 2.75) is 32.7 Å². The molecule has 1 fully saturated rings. The van der Waals surface area contributed by atoms with Crippen LogP contribution in [-0.2, 0) is 0 Å². The van der Waals surface area contributed by atoms with Gasteiger partial charge in [0.25, 0.3) is 5.91 Å². The largest absolute Gasteiger partial charge is 0.354 e. The average molecular weight is 281 g/mol. The third-order valence-electron chi connectivity index (χ3n) is 3.58. The molecule has 0 radical (unpaired) electrons. The molecular weight excluding hydrogens is 262 g/mol. The van der Waals surface area contributed by atoms with Gasteiger partial charge in [0.15, 0.2) is 0 Å². The Kier molecular flexibility index (Phi) is 3.60. The molecule has 4 nitrogen and oxygen atoms in total. The van der Waals surface area contributed by atoms with Gasteiger partial charge in [0.05, 0.1) is 11.9 Å². The first-order chi connectivity index (χ1) is 10.1. The highest BCUT2D eigenvalue weighted by molar-refractivity contribution is 5.92. The van der Waals surface area contributed by atoms with Gasteiger partial charge in [0, 0.05) is 11.7 Å². The molecule has 1 saturated carbocycles. The van der Waals surface area contributed by atoms with Gasteiger partial charge >= 0.3 is 0 Å². The molecule has 3 rings (SSSR count). The van der Waals surface area contributed by atoms with E-state index in [1.165, 1.54) is 11.1 Å². The van der Waals surface area contributed by atoms with Gasteiger partial charge in [-0.2, -0.15) is 0 Å². The van der Waals surface area contributed by atoms with E-state index in [1.54, 1.807) is 12.3 Å². The SMILES string of the molecule is Cc1ccc(C)c(Nc2ccc(C(=O)NC3CC3)nc2)c1. The molecule has 21 heavy (non-hydrogen) atoms. The molecule has 1 aliphatic rings. The molecule has 1 aromatic carbocycles. The lowest BCUT2D eigenvalue weighted by molar-refractivity contribution is 0.0946. The number of aryl methyl sites for hydroxylation is 2.